The molecule has 1 aliphatic carbocycles. The van der Waals surface area contributed by atoms with Crippen LogP contribution < -0.4 is 0 Å². The van der Waals surface area contributed by atoms with Crippen molar-refractivity contribution in [1.29, 1.82) is 5.41 Å². The first kappa shape index (κ1) is 7.52. The first-order chi connectivity index (χ1) is 4.74. The molecule has 0 spiro atoms. The fourth-order valence-corrected chi connectivity index (χ4v) is 1.37. The molecule has 0 heterocycles. The molecule has 0 fully saturated rings. The Morgan fingerprint density at radius 1 is 1.70 bits per heavy atom. The lowest BCUT2D eigenvalue weighted by Gasteiger charge is -2.20. The van der Waals surface area contributed by atoms with Gasteiger partial charge in [0.05, 0.1) is 0 Å². The number of allylic oxidation sites excluding steroid dienone is 2. The van der Waals surface area contributed by atoms with E-state index in [1.165, 1.54) is 12.8 Å². The summed E-state index contributed by atoms with van der Waals surface area (Å²) in [5.41, 5.74) is 0.796. The zero-order valence-electron chi connectivity index (χ0n) is 6.72. The first-order valence-corrected chi connectivity index (χ1v) is 4.00. The molecule has 1 heteroatoms. The van der Waals surface area contributed by atoms with Crippen LogP contribution in [0.15, 0.2) is 12.2 Å². The van der Waals surface area contributed by atoms with Crippen LogP contribution >= 0.6 is 0 Å². The maximum absolute atomic E-state index is 7.47. The standard InChI is InChI=1S/C9H15N/c1-3-8-4-5-9(10)7(2)6-8/h4-5,7-8,10H,3,6H2,1-2H3. The third-order valence-corrected chi connectivity index (χ3v) is 2.26. The molecule has 0 aromatic carbocycles. The normalized spacial score (nSPS) is 32.8. The molecule has 2 unspecified atom stereocenters. The van der Waals surface area contributed by atoms with Crippen LogP contribution in [0.5, 0.6) is 0 Å². The van der Waals surface area contributed by atoms with Crippen molar-refractivity contribution in [3.8, 4) is 0 Å². The van der Waals surface area contributed by atoms with Gasteiger partial charge in [-0.2, -0.15) is 0 Å². The van der Waals surface area contributed by atoms with Gasteiger partial charge < -0.3 is 5.41 Å². The van der Waals surface area contributed by atoms with Crippen molar-refractivity contribution in [3.05, 3.63) is 12.2 Å². The highest BCUT2D eigenvalue weighted by molar-refractivity contribution is 5.94. The van der Waals surface area contributed by atoms with Gasteiger partial charge >= 0.3 is 0 Å². The minimum atomic E-state index is 0.481. The van der Waals surface area contributed by atoms with E-state index < -0.39 is 0 Å². The van der Waals surface area contributed by atoms with Gasteiger partial charge in [0.1, 0.15) is 0 Å². The zero-order chi connectivity index (χ0) is 7.56. The zero-order valence-corrected chi connectivity index (χ0v) is 6.72. The fraction of sp³-hybridized carbons (Fsp3) is 0.667. The predicted molar refractivity (Wildman–Crippen MR) is 44.4 cm³/mol. The Kier molecular flexibility index (Phi) is 2.25. The van der Waals surface area contributed by atoms with E-state index in [0.29, 0.717) is 5.92 Å². The van der Waals surface area contributed by atoms with Gasteiger partial charge in [-0.3, -0.25) is 0 Å². The number of rotatable bonds is 1. The Balaban J connectivity index is 2.59. The summed E-state index contributed by atoms with van der Waals surface area (Å²) in [5.74, 6) is 1.21. The maximum Gasteiger partial charge on any atom is 0.0339 e. The molecular weight excluding hydrogens is 122 g/mol. The SMILES string of the molecule is CCC1C=CC(=N)C(C)C1. The van der Waals surface area contributed by atoms with Crippen LogP contribution in [0.4, 0.5) is 0 Å². The highest BCUT2D eigenvalue weighted by atomic mass is 14.4. The lowest BCUT2D eigenvalue weighted by molar-refractivity contribution is 0.504. The maximum atomic E-state index is 7.47. The second-order valence-electron chi connectivity index (χ2n) is 3.12. The number of hydrogen-bond acceptors (Lipinski definition) is 1. The van der Waals surface area contributed by atoms with E-state index in [4.69, 9.17) is 5.41 Å². The Morgan fingerprint density at radius 3 is 2.90 bits per heavy atom. The quantitative estimate of drug-likeness (QED) is 0.574. The van der Waals surface area contributed by atoms with E-state index >= 15 is 0 Å². The van der Waals surface area contributed by atoms with E-state index in [1.807, 2.05) is 6.08 Å². The molecule has 0 aromatic rings. The Morgan fingerprint density at radius 2 is 2.40 bits per heavy atom. The molecule has 56 valence electrons. The molecule has 0 aliphatic heterocycles. The van der Waals surface area contributed by atoms with Crippen LogP contribution in [0.2, 0.25) is 0 Å². The van der Waals surface area contributed by atoms with Gasteiger partial charge in [0.25, 0.3) is 0 Å². The van der Waals surface area contributed by atoms with Crippen molar-refractivity contribution in [2.45, 2.75) is 26.7 Å². The monoisotopic (exact) mass is 137 g/mol. The summed E-state index contributed by atoms with van der Waals surface area (Å²) in [5, 5.41) is 7.47. The fourth-order valence-electron chi connectivity index (χ4n) is 1.37. The van der Waals surface area contributed by atoms with Crippen LogP contribution in [0.3, 0.4) is 0 Å². The van der Waals surface area contributed by atoms with Gasteiger partial charge in [0.2, 0.25) is 0 Å². The number of nitrogens with one attached hydrogen (secondary N) is 1. The van der Waals surface area contributed by atoms with Crippen LogP contribution in [0, 0.1) is 17.2 Å². The van der Waals surface area contributed by atoms with Crippen LogP contribution in [0.1, 0.15) is 26.7 Å². The largest absolute Gasteiger partial charge is 0.305 e. The van der Waals surface area contributed by atoms with Crippen molar-refractivity contribution in [2.75, 3.05) is 0 Å². The van der Waals surface area contributed by atoms with Crippen molar-refractivity contribution in [3.63, 3.8) is 0 Å². The summed E-state index contributed by atoms with van der Waals surface area (Å²) < 4.78 is 0. The second kappa shape index (κ2) is 3.00. The van der Waals surface area contributed by atoms with Gasteiger partial charge in [-0.25, -0.2) is 0 Å². The Labute approximate surface area is 62.6 Å². The van der Waals surface area contributed by atoms with Gasteiger partial charge in [0, 0.05) is 5.71 Å². The van der Waals surface area contributed by atoms with Gasteiger partial charge in [-0.15, -0.1) is 0 Å². The minimum absolute atomic E-state index is 0.481. The molecule has 0 radical (unpaired) electrons. The van der Waals surface area contributed by atoms with E-state index in [1.54, 1.807) is 0 Å². The molecule has 0 saturated carbocycles. The summed E-state index contributed by atoms with van der Waals surface area (Å²) in [6, 6.07) is 0. The molecule has 2 atom stereocenters. The molecule has 10 heavy (non-hydrogen) atoms. The van der Waals surface area contributed by atoms with Gasteiger partial charge in [-0.05, 0) is 30.8 Å². The van der Waals surface area contributed by atoms with Crippen LogP contribution in [0.25, 0.3) is 0 Å². The average molecular weight is 137 g/mol. The molecule has 1 N–H and O–H groups in total. The summed E-state index contributed by atoms with van der Waals surface area (Å²) in [6.07, 6.45) is 6.52. The van der Waals surface area contributed by atoms with Crippen molar-refractivity contribution in [1.82, 2.24) is 0 Å². The topological polar surface area (TPSA) is 23.9 Å². The average Bonchev–Trinajstić information content (AvgIpc) is 1.95. The van der Waals surface area contributed by atoms with Crippen molar-refractivity contribution < 1.29 is 0 Å². The highest BCUT2D eigenvalue weighted by Crippen LogP contribution is 2.22. The van der Waals surface area contributed by atoms with Gasteiger partial charge in [-0.1, -0.05) is 19.9 Å². The summed E-state index contributed by atoms with van der Waals surface area (Å²) >= 11 is 0. The highest BCUT2D eigenvalue weighted by Gasteiger charge is 2.15. The third-order valence-electron chi connectivity index (χ3n) is 2.26. The molecule has 0 bridgehead atoms. The Hall–Kier alpha value is -0.590. The summed E-state index contributed by atoms with van der Waals surface area (Å²) in [7, 11) is 0. The molecule has 0 amide bonds. The molecule has 1 rings (SSSR count). The van der Waals surface area contributed by atoms with Crippen molar-refractivity contribution in [2.24, 2.45) is 11.8 Å². The molecular formula is C9H15N. The second-order valence-corrected chi connectivity index (χ2v) is 3.12. The van der Waals surface area contributed by atoms with Gasteiger partial charge in [0.15, 0.2) is 0 Å². The van der Waals surface area contributed by atoms with E-state index in [-0.39, 0.29) is 0 Å². The molecule has 0 aromatic heterocycles. The minimum Gasteiger partial charge on any atom is -0.305 e. The number of hydrogen-bond donors (Lipinski definition) is 1. The van der Waals surface area contributed by atoms with E-state index in [2.05, 4.69) is 19.9 Å². The first-order valence-electron chi connectivity index (χ1n) is 4.00. The predicted octanol–water partition coefficient (Wildman–Crippen LogP) is 2.63. The van der Waals surface area contributed by atoms with E-state index in [9.17, 15) is 0 Å². The molecule has 0 saturated heterocycles. The van der Waals surface area contributed by atoms with Crippen LogP contribution in [-0.2, 0) is 0 Å². The summed E-state index contributed by atoms with van der Waals surface area (Å²) in [6.45, 7) is 4.34. The summed E-state index contributed by atoms with van der Waals surface area (Å²) in [4.78, 5) is 0. The lowest BCUT2D eigenvalue weighted by Crippen LogP contribution is -2.16. The third kappa shape index (κ3) is 1.47. The van der Waals surface area contributed by atoms with E-state index in [0.717, 1.165) is 11.6 Å². The smallest absolute Gasteiger partial charge is 0.0339 e. The molecule has 1 aliphatic rings. The lowest BCUT2D eigenvalue weighted by atomic mass is 9.85. The molecule has 1 nitrogen and oxygen atoms in total. The van der Waals surface area contributed by atoms with Crippen LogP contribution in [-0.4, -0.2) is 5.71 Å². The Bertz CT molecular complexity index is 158. The van der Waals surface area contributed by atoms with Crippen molar-refractivity contribution >= 4 is 5.71 Å².